The van der Waals surface area contributed by atoms with Gasteiger partial charge in [-0.1, -0.05) is 6.07 Å². The van der Waals surface area contributed by atoms with E-state index in [9.17, 15) is 9.59 Å². The third kappa shape index (κ3) is 4.45. The van der Waals surface area contributed by atoms with Crippen molar-refractivity contribution in [2.75, 3.05) is 25.5 Å². The predicted molar refractivity (Wildman–Crippen MR) is 95.3 cm³/mol. The molecule has 1 aromatic heterocycles. The number of imidazole rings is 1. The second-order valence-corrected chi connectivity index (χ2v) is 6.24. The maximum atomic E-state index is 12.6. The molecule has 1 fully saturated rings. The van der Waals surface area contributed by atoms with Crippen LogP contribution in [0.4, 0.5) is 5.69 Å². The summed E-state index contributed by atoms with van der Waals surface area (Å²) in [5.41, 5.74) is 1.22. The monoisotopic (exact) mass is 341 g/mol. The van der Waals surface area contributed by atoms with Crippen molar-refractivity contribution < 1.29 is 9.59 Å². The smallest absolute Gasteiger partial charge is 0.253 e. The van der Waals surface area contributed by atoms with E-state index >= 15 is 0 Å². The van der Waals surface area contributed by atoms with Crippen molar-refractivity contribution in [2.45, 2.75) is 25.4 Å². The van der Waals surface area contributed by atoms with E-state index in [0.29, 0.717) is 24.2 Å². The quantitative estimate of drug-likeness (QED) is 0.831. The molecule has 1 aliphatic heterocycles. The Morgan fingerprint density at radius 1 is 1.44 bits per heavy atom. The first-order chi connectivity index (χ1) is 12.1. The Balaban J connectivity index is 1.58. The van der Waals surface area contributed by atoms with Crippen molar-refractivity contribution in [1.29, 1.82) is 0 Å². The number of aromatic nitrogens is 2. The minimum atomic E-state index is -0.0911. The van der Waals surface area contributed by atoms with E-state index in [1.165, 1.54) is 0 Å². The number of amides is 2. The van der Waals surface area contributed by atoms with E-state index < -0.39 is 0 Å². The van der Waals surface area contributed by atoms with E-state index in [2.05, 4.69) is 15.6 Å². The van der Waals surface area contributed by atoms with Gasteiger partial charge in [-0.3, -0.25) is 9.59 Å². The molecular weight excluding hydrogens is 318 g/mol. The van der Waals surface area contributed by atoms with Crippen LogP contribution in [0.15, 0.2) is 43.0 Å². The Bertz CT molecular complexity index is 723. The zero-order valence-electron chi connectivity index (χ0n) is 14.3. The molecule has 1 aromatic carbocycles. The van der Waals surface area contributed by atoms with Gasteiger partial charge in [0, 0.05) is 56.2 Å². The van der Waals surface area contributed by atoms with Gasteiger partial charge in [-0.05, 0) is 31.2 Å². The summed E-state index contributed by atoms with van der Waals surface area (Å²) in [4.78, 5) is 30.4. The van der Waals surface area contributed by atoms with Crippen LogP contribution in [0.25, 0.3) is 0 Å². The number of nitrogens with one attached hydrogen (secondary N) is 2. The third-order valence-corrected chi connectivity index (χ3v) is 4.45. The van der Waals surface area contributed by atoms with Crippen LogP contribution >= 0.6 is 0 Å². The van der Waals surface area contributed by atoms with Crippen molar-refractivity contribution in [3.8, 4) is 0 Å². The summed E-state index contributed by atoms with van der Waals surface area (Å²) in [7, 11) is 1.83. The van der Waals surface area contributed by atoms with Crippen molar-refractivity contribution in [2.24, 2.45) is 0 Å². The van der Waals surface area contributed by atoms with Crippen molar-refractivity contribution in [1.82, 2.24) is 19.8 Å². The highest BCUT2D eigenvalue weighted by Crippen LogP contribution is 2.15. The van der Waals surface area contributed by atoms with Gasteiger partial charge in [0.1, 0.15) is 0 Å². The van der Waals surface area contributed by atoms with Gasteiger partial charge in [0.15, 0.2) is 0 Å². The average Bonchev–Trinajstić information content (AvgIpc) is 3.32. The van der Waals surface area contributed by atoms with E-state index in [-0.39, 0.29) is 17.9 Å². The van der Waals surface area contributed by atoms with Gasteiger partial charge in [0.25, 0.3) is 5.91 Å². The Kier molecular flexibility index (Phi) is 5.45. The molecule has 7 nitrogen and oxygen atoms in total. The molecular formula is C18H23N5O2. The minimum Gasteiger partial charge on any atom is -0.337 e. The number of likely N-dealkylation sites (N-methyl/N-ethyl adjacent to an activating group) is 1. The fraction of sp³-hybridized carbons (Fsp3) is 0.389. The van der Waals surface area contributed by atoms with Crippen LogP contribution in [0.5, 0.6) is 0 Å². The van der Waals surface area contributed by atoms with Gasteiger partial charge in [0.05, 0.1) is 6.33 Å². The van der Waals surface area contributed by atoms with Gasteiger partial charge in [-0.15, -0.1) is 0 Å². The summed E-state index contributed by atoms with van der Waals surface area (Å²) in [5.74, 6) is -0.116. The molecule has 0 radical (unpaired) electrons. The van der Waals surface area contributed by atoms with Crippen LogP contribution in [-0.2, 0) is 11.3 Å². The lowest BCUT2D eigenvalue weighted by molar-refractivity contribution is -0.116. The molecule has 1 aliphatic rings. The number of carbonyl (C=O) groups is 2. The Morgan fingerprint density at radius 3 is 3.04 bits per heavy atom. The van der Waals surface area contributed by atoms with Gasteiger partial charge < -0.3 is 20.1 Å². The molecule has 0 bridgehead atoms. The lowest BCUT2D eigenvalue weighted by Gasteiger charge is -2.24. The number of nitrogens with zero attached hydrogens (tertiary/aromatic N) is 3. The predicted octanol–water partition coefficient (Wildman–Crippen LogP) is 1.35. The van der Waals surface area contributed by atoms with E-state index in [1.807, 2.05) is 17.8 Å². The highest BCUT2D eigenvalue weighted by molar-refractivity contribution is 5.97. The molecule has 0 spiro atoms. The molecule has 1 atom stereocenters. The van der Waals surface area contributed by atoms with Crippen molar-refractivity contribution >= 4 is 17.5 Å². The topological polar surface area (TPSA) is 79.3 Å². The SMILES string of the molecule is CN(C(=O)c1cccc(NC(=O)CCn2ccnc2)c1)C1CCNC1. The number of hydrogen-bond donors (Lipinski definition) is 2. The van der Waals surface area contributed by atoms with Crippen LogP contribution in [0.2, 0.25) is 0 Å². The zero-order chi connectivity index (χ0) is 17.6. The Hall–Kier alpha value is -2.67. The third-order valence-electron chi connectivity index (χ3n) is 4.45. The molecule has 2 aromatic rings. The molecule has 1 saturated heterocycles. The van der Waals surface area contributed by atoms with Crippen molar-refractivity contribution in [3.05, 3.63) is 48.5 Å². The first-order valence-electron chi connectivity index (χ1n) is 8.47. The first-order valence-corrected chi connectivity index (χ1v) is 8.47. The van der Waals surface area contributed by atoms with Gasteiger partial charge in [-0.2, -0.15) is 0 Å². The number of aryl methyl sites for hydroxylation is 1. The maximum Gasteiger partial charge on any atom is 0.253 e. The molecule has 0 saturated carbocycles. The Labute approximate surface area is 147 Å². The highest BCUT2D eigenvalue weighted by Gasteiger charge is 2.24. The summed E-state index contributed by atoms with van der Waals surface area (Å²) in [6.45, 7) is 2.34. The molecule has 1 unspecified atom stereocenters. The molecule has 2 heterocycles. The van der Waals surface area contributed by atoms with E-state index in [0.717, 1.165) is 19.5 Å². The number of benzene rings is 1. The van der Waals surface area contributed by atoms with Gasteiger partial charge >= 0.3 is 0 Å². The summed E-state index contributed by atoms with van der Waals surface area (Å²) in [6.07, 6.45) is 6.50. The van der Waals surface area contributed by atoms with Crippen LogP contribution < -0.4 is 10.6 Å². The van der Waals surface area contributed by atoms with E-state index in [1.54, 1.807) is 41.7 Å². The standard InChI is InChI=1S/C18H23N5O2/c1-22(16-5-7-19-12-16)18(25)14-3-2-4-15(11-14)21-17(24)6-9-23-10-8-20-13-23/h2-4,8,10-11,13,16,19H,5-7,9,12H2,1H3,(H,21,24). The molecule has 132 valence electrons. The average molecular weight is 341 g/mol. The van der Waals surface area contributed by atoms with Crippen LogP contribution in [-0.4, -0.2) is 52.4 Å². The van der Waals surface area contributed by atoms with E-state index in [4.69, 9.17) is 0 Å². The summed E-state index contributed by atoms with van der Waals surface area (Å²) in [6, 6.07) is 7.32. The van der Waals surface area contributed by atoms with Crippen LogP contribution in [0.1, 0.15) is 23.2 Å². The molecule has 2 amide bonds. The number of anilines is 1. The largest absolute Gasteiger partial charge is 0.337 e. The lowest BCUT2D eigenvalue weighted by Crippen LogP contribution is -2.38. The highest BCUT2D eigenvalue weighted by atomic mass is 16.2. The fourth-order valence-corrected chi connectivity index (χ4v) is 2.94. The second-order valence-electron chi connectivity index (χ2n) is 6.24. The maximum absolute atomic E-state index is 12.6. The Morgan fingerprint density at radius 2 is 2.32 bits per heavy atom. The first kappa shape index (κ1) is 17.2. The van der Waals surface area contributed by atoms with Crippen molar-refractivity contribution in [3.63, 3.8) is 0 Å². The lowest BCUT2D eigenvalue weighted by atomic mass is 10.1. The number of carbonyl (C=O) groups excluding carboxylic acids is 2. The summed E-state index contributed by atoms with van der Waals surface area (Å²) in [5, 5.41) is 6.12. The molecule has 7 heteroatoms. The normalized spacial score (nSPS) is 16.6. The van der Waals surface area contributed by atoms with Gasteiger partial charge in [-0.25, -0.2) is 4.98 Å². The second kappa shape index (κ2) is 7.94. The zero-order valence-corrected chi connectivity index (χ0v) is 14.3. The molecule has 0 aliphatic carbocycles. The van der Waals surface area contributed by atoms with Crippen LogP contribution in [0, 0.1) is 0 Å². The summed E-state index contributed by atoms with van der Waals surface area (Å²) >= 11 is 0. The molecule has 2 N–H and O–H groups in total. The summed E-state index contributed by atoms with van der Waals surface area (Å²) < 4.78 is 1.85. The minimum absolute atomic E-state index is 0.0248. The number of hydrogen-bond acceptors (Lipinski definition) is 4. The van der Waals surface area contributed by atoms with Crippen LogP contribution in [0.3, 0.4) is 0 Å². The fourth-order valence-electron chi connectivity index (χ4n) is 2.94. The molecule has 25 heavy (non-hydrogen) atoms. The van der Waals surface area contributed by atoms with Gasteiger partial charge in [0.2, 0.25) is 5.91 Å². The molecule has 3 rings (SSSR count). The number of rotatable bonds is 6.